The third kappa shape index (κ3) is 4.81. The Balaban J connectivity index is 1.60. The first-order valence-corrected chi connectivity index (χ1v) is 10.2. The summed E-state index contributed by atoms with van der Waals surface area (Å²) >= 11 is 0. The minimum absolute atomic E-state index is 0.0367. The van der Waals surface area contributed by atoms with E-state index in [1.807, 2.05) is 18.2 Å². The largest absolute Gasteiger partial charge is 0.484 e. The summed E-state index contributed by atoms with van der Waals surface area (Å²) in [6, 6.07) is 8.99. The van der Waals surface area contributed by atoms with E-state index < -0.39 is 26.7 Å². The molecule has 0 bridgehead atoms. The van der Waals surface area contributed by atoms with Gasteiger partial charge in [-0.05, 0) is 25.0 Å². The number of amides is 1. The maximum Gasteiger partial charge on any atom is 0.336 e. The van der Waals surface area contributed by atoms with Crippen molar-refractivity contribution in [1.82, 2.24) is 15.1 Å². The van der Waals surface area contributed by atoms with Crippen LogP contribution in [0.2, 0.25) is 0 Å². The molecule has 8 nitrogen and oxygen atoms in total. The topological polar surface area (TPSA) is 103 Å². The Bertz CT molecular complexity index is 827. The van der Waals surface area contributed by atoms with Gasteiger partial charge in [0, 0.05) is 13.1 Å². The summed E-state index contributed by atoms with van der Waals surface area (Å²) < 4.78 is 35.4. The third-order valence-electron chi connectivity index (χ3n) is 4.09. The summed E-state index contributed by atoms with van der Waals surface area (Å²) in [7, 11) is -3.97. The van der Waals surface area contributed by atoms with Crippen LogP contribution >= 0.6 is 0 Å². The van der Waals surface area contributed by atoms with Crippen molar-refractivity contribution in [3.8, 4) is 5.75 Å². The Labute approximate surface area is 152 Å². The molecule has 1 saturated heterocycles. The first-order chi connectivity index (χ1) is 12.5. The molecule has 0 atom stereocenters. The highest BCUT2D eigenvalue weighted by Crippen LogP contribution is 2.15. The molecule has 1 aliphatic heterocycles. The van der Waals surface area contributed by atoms with Crippen molar-refractivity contribution in [2.45, 2.75) is 37.5 Å². The molecule has 0 saturated carbocycles. The molecule has 1 aromatic heterocycles. The molecule has 26 heavy (non-hydrogen) atoms. The normalized spacial score (nSPS) is 15.5. The fraction of sp³-hybridized carbons (Fsp3) is 0.471. The molecule has 1 aromatic carbocycles. The average Bonchev–Trinajstić information content (AvgIpc) is 2.95. The van der Waals surface area contributed by atoms with E-state index in [4.69, 9.17) is 9.15 Å². The lowest BCUT2D eigenvalue weighted by Crippen LogP contribution is -2.36. The lowest BCUT2D eigenvalue weighted by Gasteiger charge is -2.19. The number of carbonyl (C=O) groups excluding carboxylic acids is 1. The second kappa shape index (κ2) is 8.31. The van der Waals surface area contributed by atoms with Gasteiger partial charge in [0.2, 0.25) is 15.7 Å². The number of aromatic nitrogens is 2. The standard InChI is InChI=1S/C17H21N3O5S/c21-16(20-10-6-1-2-7-11-20)13-26(22,23)17-19-18-15(25-17)12-24-14-8-4-3-5-9-14/h3-5,8-9H,1-2,6-7,10-13H2. The molecule has 0 radical (unpaired) electrons. The van der Waals surface area contributed by atoms with Crippen LogP contribution in [-0.4, -0.2) is 48.3 Å². The van der Waals surface area contributed by atoms with Gasteiger partial charge in [0.1, 0.15) is 11.5 Å². The van der Waals surface area contributed by atoms with Crippen molar-refractivity contribution in [2.24, 2.45) is 0 Å². The molecule has 1 fully saturated rings. The van der Waals surface area contributed by atoms with Crippen LogP contribution < -0.4 is 4.74 Å². The molecule has 9 heteroatoms. The first-order valence-electron chi connectivity index (χ1n) is 8.55. The smallest absolute Gasteiger partial charge is 0.336 e. The van der Waals surface area contributed by atoms with Crippen LogP contribution in [0.1, 0.15) is 31.6 Å². The maximum absolute atomic E-state index is 12.4. The molecule has 2 heterocycles. The summed E-state index contributed by atoms with van der Waals surface area (Å²) in [5.74, 6) is -0.443. The number of hydrogen-bond donors (Lipinski definition) is 0. The number of benzene rings is 1. The van der Waals surface area contributed by atoms with Crippen LogP contribution in [-0.2, 0) is 21.2 Å². The van der Waals surface area contributed by atoms with E-state index in [-0.39, 0.29) is 12.5 Å². The molecule has 2 aromatic rings. The summed E-state index contributed by atoms with van der Waals surface area (Å²) in [5, 5.41) is 6.70. The Morgan fingerprint density at radius 2 is 1.77 bits per heavy atom. The molecule has 0 unspecified atom stereocenters. The van der Waals surface area contributed by atoms with E-state index in [1.165, 1.54) is 0 Å². The number of carbonyl (C=O) groups is 1. The van der Waals surface area contributed by atoms with Gasteiger partial charge >= 0.3 is 5.22 Å². The maximum atomic E-state index is 12.4. The lowest BCUT2D eigenvalue weighted by molar-refractivity contribution is -0.128. The van der Waals surface area contributed by atoms with E-state index >= 15 is 0 Å². The van der Waals surface area contributed by atoms with Crippen LogP contribution in [0.3, 0.4) is 0 Å². The van der Waals surface area contributed by atoms with Crippen LogP contribution in [0, 0.1) is 0 Å². The number of nitrogens with zero attached hydrogens (tertiary/aromatic N) is 3. The van der Waals surface area contributed by atoms with Crippen molar-refractivity contribution in [1.29, 1.82) is 0 Å². The second-order valence-corrected chi connectivity index (χ2v) is 7.98. The Morgan fingerprint density at radius 1 is 1.08 bits per heavy atom. The van der Waals surface area contributed by atoms with E-state index in [1.54, 1.807) is 17.0 Å². The van der Waals surface area contributed by atoms with E-state index in [0.29, 0.717) is 18.8 Å². The second-order valence-electron chi connectivity index (χ2n) is 6.12. The highest BCUT2D eigenvalue weighted by Gasteiger charge is 2.29. The van der Waals surface area contributed by atoms with Crippen molar-refractivity contribution in [3.05, 3.63) is 36.2 Å². The highest BCUT2D eigenvalue weighted by molar-refractivity contribution is 7.91. The van der Waals surface area contributed by atoms with Gasteiger partial charge in [0.15, 0.2) is 6.61 Å². The quantitative estimate of drug-likeness (QED) is 0.754. The summed E-state index contributed by atoms with van der Waals surface area (Å²) in [6.45, 7) is 1.13. The number of rotatable bonds is 6. The molecular formula is C17H21N3O5S. The molecule has 0 aliphatic carbocycles. The minimum Gasteiger partial charge on any atom is -0.484 e. The van der Waals surface area contributed by atoms with Crippen LogP contribution in [0.25, 0.3) is 0 Å². The summed E-state index contributed by atoms with van der Waals surface area (Å²) in [5.41, 5.74) is 0. The predicted molar refractivity (Wildman–Crippen MR) is 92.2 cm³/mol. The molecule has 0 N–H and O–H groups in total. The first kappa shape index (κ1) is 18.4. The Morgan fingerprint density at radius 3 is 2.46 bits per heavy atom. The highest BCUT2D eigenvalue weighted by atomic mass is 32.2. The van der Waals surface area contributed by atoms with E-state index in [2.05, 4.69) is 10.2 Å². The third-order valence-corrected chi connectivity index (χ3v) is 5.42. The van der Waals surface area contributed by atoms with Gasteiger partial charge in [-0.2, -0.15) is 0 Å². The van der Waals surface area contributed by atoms with Gasteiger partial charge in [-0.3, -0.25) is 4.79 Å². The van der Waals surface area contributed by atoms with Crippen molar-refractivity contribution in [3.63, 3.8) is 0 Å². The monoisotopic (exact) mass is 379 g/mol. The van der Waals surface area contributed by atoms with E-state index in [0.717, 1.165) is 25.7 Å². The van der Waals surface area contributed by atoms with Gasteiger partial charge in [0.05, 0.1) is 0 Å². The molecule has 1 aliphatic rings. The zero-order valence-corrected chi connectivity index (χ0v) is 15.2. The number of sulfone groups is 1. The minimum atomic E-state index is -3.97. The van der Waals surface area contributed by atoms with Gasteiger partial charge in [0.25, 0.3) is 5.89 Å². The van der Waals surface area contributed by atoms with Crippen molar-refractivity contribution in [2.75, 3.05) is 18.8 Å². The average molecular weight is 379 g/mol. The van der Waals surface area contributed by atoms with Crippen LogP contribution in [0.5, 0.6) is 5.75 Å². The molecule has 3 rings (SSSR count). The van der Waals surface area contributed by atoms with Crippen molar-refractivity contribution >= 4 is 15.7 Å². The summed E-state index contributed by atoms with van der Waals surface area (Å²) in [4.78, 5) is 13.9. The molecule has 1 amide bonds. The fourth-order valence-corrected chi connectivity index (χ4v) is 3.74. The van der Waals surface area contributed by atoms with Gasteiger partial charge < -0.3 is 14.1 Å². The Kier molecular flexibility index (Phi) is 5.87. The fourth-order valence-electron chi connectivity index (χ4n) is 2.72. The van der Waals surface area contributed by atoms with Gasteiger partial charge in [-0.15, -0.1) is 5.10 Å². The zero-order valence-electron chi connectivity index (χ0n) is 14.3. The van der Waals surface area contributed by atoms with Crippen LogP contribution in [0.15, 0.2) is 40.0 Å². The van der Waals surface area contributed by atoms with E-state index in [9.17, 15) is 13.2 Å². The molecular weight excluding hydrogens is 358 g/mol. The van der Waals surface area contributed by atoms with Gasteiger partial charge in [-0.1, -0.05) is 36.1 Å². The summed E-state index contributed by atoms with van der Waals surface area (Å²) in [6.07, 6.45) is 3.91. The van der Waals surface area contributed by atoms with Gasteiger partial charge in [-0.25, -0.2) is 8.42 Å². The number of hydrogen-bond acceptors (Lipinski definition) is 7. The molecule has 0 spiro atoms. The zero-order chi connectivity index (χ0) is 18.4. The number of likely N-dealkylation sites (tertiary alicyclic amines) is 1. The number of para-hydroxylation sites is 1. The molecule has 140 valence electrons. The predicted octanol–water partition coefficient (Wildman–Crippen LogP) is 1.82. The Hall–Kier alpha value is -2.42. The SMILES string of the molecule is O=C(CS(=O)(=O)c1nnc(COc2ccccc2)o1)N1CCCCCC1. The van der Waals surface area contributed by atoms with Crippen LogP contribution in [0.4, 0.5) is 0 Å². The lowest BCUT2D eigenvalue weighted by atomic mass is 10.2. The number of ether oxygens (including phenoxy) is 1. The van der Waals surface area contributed by atoms with Crippen molar-refractivity contribution < 1.29 is 22.4 Å².